The lowest BCUT2D eigenvalue weighted by Gasteiger charge is -2.24. The molecule has 1 fully saturated rings. The molecule has 0 aromatic carbocycles. The van der Waals surface area contributed by atoms with E-state index < -0.39 is 0 Å². The minimum Gasteiger partial charge on any atom is -0.311 e. The molecule has 92 valence electrons. The van der Waals surface area contributed by atoms with Crippen LogP contribution in [0.1, 0.15) is 25.3 Å². The van der Waals surface area contributed by atoms with Gasteiger partial charge in [-0.3, -0.25) is 4.90 Å². The SMILES string of the molecule is CC(CNCc1ccsc1)N(C)C1CC1.Cl. The Balaban J connectivity index is 0.00000128. The zero-order chi connectivity index (χ0) is 10.7. The minimum absolute atomic E-state index is 0. The summed E-state index contributed by atoms with van der Waals surface area (Å²) in [7, 11) is 2.24. The number of nitrogens with one attached hydrogen (secondary N) is 1. The Bertz CT molecular complexity index is 285. The fraction of sp³-hybridized carbons (Fsp3) is 0.667. The molecule has 0 radical (unpaired) electrons. The molecule has 1 aromatic rings. The molecule has 2 rings (SSSR count). The Morgan fingerprint density at radius 3 is 2.88 bits per heavy atom. The van der Waals surface area contributed by atoms with Crippen LogP contribution in [0.4, 0.5) is 0 Å². The zero-order valence-electron chi connectivity index (χ0n) is 9.98. The van der Waals surface area contributed by atoms with Crippen molar-refractivity contribution >= 4 is 23.7 Å². The van der Waals surface area contributed by atoms with E-state index in [1.54, 1.807) is 11.3 Å². The van der Waals surface area contributed by atoms with Crippen molar-refractivity contribution in [2.75, 3.05) is 13.6 Å². The Morgan fingerprint density at radius 1 is 1.56 bits per heavy atom. The average Bonchev–Trinajstić information content (AvgIpc) is 2.96. The van der Waals surface area contributed by atoms with Crippen LogP contribution in [-0.4, -0.2) is 30.6 Å². The Kier molecular flexibility index (Phi) is 5.76. The molecule has 1 unspecified atom stereocenters. The van der Waals surface area contributed by atoms with Crippen LogP contribution in [0.5, 0.6) is 0 Å². The van der Waals surface area contributed by atoms with Crippen LogP contribution < -0.4 is 5.32 Å². The first-order valence-electron chi connectivity index (χ1n) is 5.71. The van der Waals surface area contributed by atoms with Crippen LogP contribution in [0, 0.1) is 0 Å². The molecule has 16 heavy (non-hydrogen) atoms. The summed E-state index contributed by atoms with van der Waals surface area (Å²) in [5.41, 5.74) is 1.40. The summed E-state index contributed by atoms with van der Waals surface area (Å²) < 4.78 is 0. The van der Waals surface area contributed by atoms with E-state index >= 15 is 0 Å². The van der Waals surface area contributed by atoms with Gasteiger partial charge in [0, 0.05) is 25.2 Å². The molecular weight excluding hydrogens is 240 g/mol. The molecule has 2 nitrogen and oxygen atoms in total. The highest BCUT2D eigenvalue weighted by Gasteiger charge is 2.28. The second-order valence-corrected chi connectivity index (χ2v) is 5.29. The number of hydrogen-bond donors (Lipinski definition) is 1. The number of hydrogen-bond acceptors (Lipinski definition) is 3. The van der Waals surface area contributed by atoms with Gasteiger partial charge in [-0.1, -0.05) is 0 Å². The van der Waals surface area contributed by atoms with E-state index in [0.717, 1.165) is 19.1 Å². The molecule has 1 aromatic heterocycles. The zero-order valence-corrected chi connectivity index (χ0v) is 11.6. The third-order valence-electron chi connectivity index (χ3n) is 3.17. The second-order valence-electron chi connectivity index (χ2n) is 4.51. The highest BCUT2D eigenvalue weighted by Crippen LogP contribution is 2.26. The summed E-state index contributed by atoms with van der Waals surface area (Å²) >= 11 is 1.77. The molecule has 1 saturated carbocycles. The molecule has 1 atom stereocenters. The highest BCUT2D eigenvalue weighted by molar-refractivity contribution is 7.07. The first-order valence-corrected chi connectivity index (χ1v) is 6.65. The van der Waals surface area contributed by atoms with Crippen LogP contribution >= 0.6 is 23.7 Å². The molecule has 0 bridgehead atoms. The predicted molar refractivity (Wildman–Crippen MR) is 73.5 cm³/mol. The quantitative estimate of drug-likeness (QED) is 0.846. The number of thiophene rings is 1. The maximum Gasteiger partial charge on any atom is 0.0214 e. The summed E-state index contributed by atoms with van der Waals surface area (Å²) in [4.78, 5) is 2.50. The third-order valence-corrected chi connectivity index (χ3v) is 3.90. The van der Waals surface area contributed by atoms with Gasteiger partial charge in [0.25, 0.3) is 0 Å². The van der Waals surface area contributed by atoms with E-state index in [1.165, 1.54) is 18.4 Å². The number of likely N-dealkylation sites (N-methyl/N-ethyl adjacent to an activating group) is 1. The van der Waals surface area contributed by atoms with Gasteiger partial charge in [0.05, 0.1) is 0 Å². The Hall–Kier alpha value is -0.0900. The van der Waals surface area contributed by atoms with Gasteiger partial charge in [0.1, 0.15) is 0 Å². The van der Waals surface area contributed by atoms with Crippen LogP contribution in [-0.2, 0) is 6.54 Å². The van der Waals surface area contributed by atoms with E-state index in [-0.39, 0.29) is 12.4 Å². The van der Waals surface area contributed by atoms with Gasteiger partial charge in [-0.2, -0.15) is 11.3 Å². The van der Waals surface area contributed by atoms with E-state index in [4.69, 9.17) is 0 Å². The van der Waals surface area contributed by atoms with Crippen molar-refractivity contribution in [3.63, 3.8) is 0 Å². The third kappa shape index (κ3) is 4.06. The topological polar surface area (TPSA) is 15.3 Å². The first-order chi connectivity index (χ1) is 7.27. The van der Waals surface area contributed by atoms with Crippen molar-refractivity contribution < 1.29 is 0 Å². The van der Waals surface area contributed by atoms with Gasteiger partial charge in [-0.15, -0.1) is 12.4 Å². The molecule has 0 aliphatic heterocycles. The summed E-state index contributed by atoms with van der Waals surface area (Å²) in [5.74, 6) is 0. The van der Waals surface area contributed by atoms with Crippen molar-refractivity contribution in [2.24, 2.45) is 0 Å². The molecule has 1 N–H and O–H groups in total. The molecule has 1 heterocycles. The Morgan fingerprint density at radius 2 is 2.31 bits per heavy atom. The average molecular weight is 261 g/mol. The van der Waals surface area contributed by atoms with Gasteiger partial charge in [-0.25, -0.2) is 0 Å². The second kappa shape index (κ2) is 6.60. The molecule has 1 aliphatic rings. The lowest BCUT2D eigenvalue weighted by Crippen LogP contribution is -2.38. The molecule has 4 heteroatoms. The van der Waals surface area contributed by atoms with Crippen molar-refractivity contribution in [3.8, 4) is 0 Å². The van der Waals surface area contributed by atoms with Gasteiger partial charge in [0.2, 0.25) is 0 Å². The van der Waals surface area contributed by atoms with Gasteiger partial charge in [0.15, 0.2) is 0 Å². The largest absolute Gasteiger partial charge is 0.311 e. The lowest BCUT2D eigenvalue weighted by molar-refractivity contribution is 0.241. The van der Waals surface area contributed by atoms with Crippen LogP contribution in [0.25, 0.3) is 0 Å². The number of rotatable bonds is 6. The van der Waals surface area contributed by atoms with Gasteiger partial charge < -0.3 is 5.32 Å². The normalized spacial score (nSPS) is 17.2. The summed E-state index contributed by atoms with van der Waals surface area (Å²) in [6, 6.07) is 3.70. The number of halogens is 1. The standard InChI is InChI=1S/C12H20N2S.ClH/c1-10(14(2)12-3-4-12)7-13-8-11-5-6-15-9-11;/h5-6,9-10,12-13H,3-4,7-8H2,1-2H3;1H. The van der Waals surface area contributed by atoms with Crippen molar-refractivity contribution in [3.05, 3.63) is 22.4 Å². The molecule has 0 amide bonds. The van der Waals surface area contributed by atoms with Gasteiger partial charge >= 0.3 is 0 Å². The highest BCUT2D eigenvalue weighted by atomic mass is 35.5. The number of nitrogens with zero attached hydrogens (tertiary/aromatic N) is 1. The summed E-state index contributed by atoms with van der Waals surface area (Å²) in [6.07, 6.45) is 2.79. The van der Waals surface area contributed by atoms with Crippen LogP contribution in [0.2, 0.25) is 0 Å². The van der Waals surface area contributed by atoms with E-state index in [1.807, 2.05) is 0 Å². The molecular formula is C12H21ClN2S. The van der Waals surface area contributed by atoms with Crippen molar-refractivity contribution in [1.29, 1.82) is 0 Å². The van der Waals surface area contributed by atoms with E-state index in [2.05, 4.69) is 41.0 Å². The smallest absolute Gasteiger partial charge is 0.0214 e. The maximum atomic E-state index is 3.52. The molecule has 0 spiro atoms. The molecule has 0 saturated heterocycles. The van der Waals surface area contributed by atoms with Crippen molar-refractivity contribution in [2.45, 2.75) is 38.4 Å². The Labute approximate surface area is 108 Å². The maximum absolute atomic E-state index is 3.52. The lowest BCUT2D eigenvalue weighted by atomic mass is 10.2. The fourth-order valence-electron chi connectivity index (χ4n) is 1.80. The monoisotopic (exact) mass is 260 g/mol. The fourth-order valence-corrected chi connectivity index (χ4v) is 2.47. The minimum atomic E-state index is 0. The first kappa shape index (κ1) is 14.0. The van der Waals surface area contributed by atoms with Gasteiger partial charge in [-0.05, 0) is 49.2 Å². The van der Waals surface area contributed by atoms with Crippen LogP contribution in [0.15, 0.2) is 16.8 Å². The predicted octanol–water partition coefficient (Wildman–Crippen LogP) is 2.74. The van der Waals surface area contributed by atoms with Crippen LogP contribution in [0.3, 0.4) is 0 Å². The van der Waals surface area contributed by atoms with E-state index in [9.17, 15) is 0 Å². The summed E-state index contributed by atoms with van der Waals surface area (Å²) in [5, 5.41) is 7.86. The van der Waals surface area contributed by atoms with Crippen molar-refractivity contribution in [1.82, 2.24) is 10.2 Å². The summed E-state index contributed by atoms with van der Waals surface area (Å²) in [6.45, 7) is 4.40. The molecule has 1 aliphatic carbocycles. The van der Waals surface area contributed by atoms with E-state index in [0.29, 0.717) is 6.04 Å².